The van der Waals surface area contributed by atoms with E-state index in [0.717, 1.165) is 11.6 Å². The largest absolute Gasteiger partial charge is 0.489 e. The van der Waals surface area contributed by atoms with Gasteiger partial charge < -0.3 is 4.74 Å². The lowest BCUT2D eigenvalue weighted by atomic mass is 10.2. The van der Waals surface area contributed by atoms with Gasteiger partial charge in [-0.05, 0) is 24.3 Å². The summed E-state index contributed by atoms with van der Waals surface area (Å²) in [5.74, 6) is -0.652. The first-order chi connectivity index (χ1) is 9.08. The lowest BCUT2D eigenvalue weighted by Crippen LogP contribution is -1.98. The van der Waals surface area contributed by atoms with Crippen LogP contribution in [0.4, 0.5) is 8.78 Å². The maximum atomic E-state index is 13.2. The van der Waals surface area contributed by atoms with Crippen LogP contribution in [0.1, 0.15) is 15.9 Å². The second kappa shape index (κ2) is 5.93. The highest BCUT2D eigenvalue weighted by Crippen LogP contribution is 2.21. The van der Waals surface area contributed by atoms with Crippen molar-refractivity contribution >= 4 is 22.2 Å². The summed E-state index contributed by atoms with van der Waals surface area (Å²) >= 11 is 3.21. The number of rotatable bonds is 4. The fourth-order valence-electron chi connectivity index (χ4n) is 1.54. The summed E-state index contributed by atoms with van der Waals surface area (Å²) in [6.07, 6.45) is 0.545. The molecule has 0 bridgehead atoms. The van der Waals surface area contributed by atoms with Gasteiger partial charge in [0.15, 0.2) is 0 Å². The Morgan fingerprint density at radius 1 is 1.11 bits per heavy atom. The molecule has 0 radical (unpaired) electrons. The van der Waals surface area contributed by atoms with Gasteiger partial charge in [-0.2, -0.15) is 0 Å². The van der Waals surface area contributed by atoms with E-state index in [1.54, 1.807) is 6.07 Å². The lowest BCUT2D eigenvalue weighted by Gasteiger charge is -2.08. The molecule has 2 rings (SSSR count). The van der Waals surface area contributed by atoms with Gasteiger partial charge in [0.1, 0.15) is 30.3 Å². The van der Waals surface area contributed by atoms with Gasteiger partial charge in [0.05, 0.1) is 0 Å². The first-order valence-electron chi connectivity index (χ1n) is 5.41. The zero-order valence-corrected chi connectivity index (χ0v) is 11.3. The number of carbonyl (C=O) groups is 1. The van der Waals surface area contributed by atoms with Crippen molar-refractivity contribution in [1.29, 1.82) is 0 Å². The van der Waals surface area contributed by atoms with Crippen molar-refractivity contribution in [3.8, 4) is 5.75 Å². The first kappa shape index (κ1) is 13.7. The summed E-state index contributed by atoms with van der Waals surface area (Å²) in [5, 5.41) is 0. The number of hydrogen-bond donors (Lipinski definition) is 0. The van der Waals surface area contributed by atoms with Crippen molar-refractivity contribution in [2.24, 2.45) is 0 Å². The second-order valence-corrected chi connectivity index (χ2v) is 4.72. The molecule has 0 aliphatic heterocycles. The molecular weight excluding hydrogens is 318 g/mol. The number of carbonyl (C=O) groups excluding carboxylic acids is 1. The smallest absolute Gasteiger partial charge is 0.150 e. The molecule has 2 nitrogen and oxygen atoms in total. The minimum atomic E-state index is -0.544. The van der Waals surface area contributed by atoms with Crippen LogP contribution in [0, 0.1) is 11.6 Å². The predicted octanol–water partition coefficient (Wildman–Crippen LogP) is 4.12. The van der Waals surface area contributed by atoms with Crippen molar-refractivity contribution in [2.45, 2.75) is 6.61 Å². The molecule has 0 spiro atoms. The van der Waals surface area contributed by atoms with Crippen LogP contribution < -0.4 is 4.74 Å². The Balaban J connectivity index is 2.14. The highest BCUT2D eigenvalue weighted by molar-refractivity contribution is 9.10. The SMILES string of the molecule is O=Cc1cc(F)cc(OCc2ccc(F)cc2Br)c1. The lowest BCUT2D eigenvalue weighted by molar-refractivity contribution is 0.112. The minimum Gasteiger partial charge on any atom is -0.489 e. The van der Waals surface area contributed by atoms with Crippen molar-refractivity contribution in [1.82, 2.24) is 0 Å². The van der Waals surface area contributed by atoms with Gasteiger partial charge in [0.25, 0.3) is 0 Å². The molecule has 2 aromatic rings. The molecule has 5 heteroatoms. The van der Waals surface area contributed by atoms with Crippen molar-refractivity contribution in [3.63, 3.8) is 0 Å². The molecule has 0 saturated carbocycles. The third-order valence-corrected chi connectivity index (χ3v) is 3.18. The summed E-state index contributed by atoms with van der Waals surface area (Å²) in [4.78, 5) is 10.6. The Hall–Kier alpha value is -1.75. The Morgan fingerprint density at radius 3 is 2.58 bits per heavy atom. The zero-order chi connectivity index (χ0) is 13.8. The molecule has 98 valence electrons. The summed E-state index contributed by atoms with van der Waals surface area (Å²) in [5.41, 5.74) is 0.923. The fraction of sp³-hybridized carbons (Fsp3) is 0.0714. The van der Waals surface area contributed by atoms with Gasteiger partial charge in [-0.25, -0.2) is 8.78 Å². The Morgan fingerprint density at radius 2 is 1.89 bits per heavy atom. The number of halogens is 3. The summed E-state index contributed by atoms with van der Waals surface area (Å²) < 4.78 is 32.0. The van der Waals surface area contributed by atoms with Crippen LogP contribution in [-0.4, -0.2) is 6.29 Å². The van der Waals surface area contributed by atoms with Gasteiger partial charge in [0, 0.05) is 21.7 Å². The van der Waals surface area contributed by atoms with Crippen LogP contribution in [0.15, 0.2) is 40.9 Å². The molecule has 0 N–H and O–H groups in total. The van der Waals surface area contributed by atoms with Gasteiger partial charge in [-0.15, -0.1) is 0 Å². The third-order valence-electron chi connectivity index (χ3n) is 2.44. The first-order valence-corrected chi connectivity index (χ1v) is 6.20. The summed E-state index contributed by atoms with van der Waals surface area (Å²) in [6, 6.07) is 7.94. The zero-order valence-electron chi connectivity index (χ0n) is 9.70. The maximum absolute atomic E-state index is 13.2. The highest BCUT2D eigenvalue weighted by atomic mass is 79.9. The van der Waals surface area contributed by atoms with Crippen LogP contribution in [0.25, 0.3) is 0 Å². The van der Waals surface area contributed by atoms with Gasteiger partial charge in [0.2, 0.25) is 0 Å². The molecule has 2 aromatic carbocycles. The third kappa shape index (κ3) is 3.61. The Bertz CT molecular complexity index is 614. The number of hydrogen-bond acceptors (Lipinski definition) is 2. The summed E-state index contributed by atoms with van der Waals surface area (Å²) in [6.45, 7) is 0.141. The summed E-state index contributed by atoms with van der Waals surface area (Å²) in [7, 11) is 0. The van der Waals surface area contributed by atoms with Crippen molar-refractivity contribution in [2.75, 3.05) is 0 Å². The Labute approximate surface area is 117 Å². The number of aldehydes is 1. The quantitative estimate of drug-likeness (QED) is 0.790. The van der Waals surface area contributed by atoms with Crippen LogP contribution in [0.2, 0.25) is 0 Å². The topological polar surface area (TPSA) is 26.3 Å². The van der Waals surface area contributed by atoms with E-state index in [4.69, 9.17) is 4.74 Å². The molecule has 0 fully saturated rings. The Kier molecular flexibility index (Phi) is 4.27. The second-order valence-electron chi connectivity index (χ2n) is 3.86. The number of ether oxygens (including phenoxy) is 1. The van der Waals surface area contributed by atoms with Gasteiger partial charge in [-0.3, -0.25) is 4.79 Å². The van der Waals surface area contributed by atoms with E-state index in [1.165, 1.54) is 24.3 Å². The molecule has 0 saturated heterocycles. The van der Waals surface area contributed by atoms with E-state index in [2.05, 4.69) is 15.9 Å². The number of benzene rings is 2. The van der Waals surface area contributed by atoms with Crippen molar-refractivity contribution in [3.05, 3.63) is 63.6 Å². The molecule has 0 amide bonds. The van der Waals surface area contributed by atoms with Crippen molar-refractivity contribution < 1.29 is 18.3 Å². The van der Waals surface area contributed by atoms with E-state index in [-0.39, 0.29) is 23.7 Å². The minimum absolute atomic E-state index is 0.141. The molecule has 0 unspecified atom stereocenters. The van der Waals surface area contributed by atoms with E-state index in [1.807, 2.05) is 0 Å². The predicted molar refractivity (Wildman–Crippen MR) is 70.2 cm³/mol. The normalized spacial score (nSPS) is 10.3. The van der Waals surface area contributed by atoms with E-state index in [9.17, 15) is 13.6 Å². The molecule has 0 aromatic heterocycles. The van der Waals surface area contributed by atoms with E-state index >= 15 is 0 Å². The molecule has 19 heavy (non-hydrogen) atoms. The van der Waals surface area contributed by atoms with Crippen LogP contribution in [-0.2, 0) is 6.61 Å². The van der Waals surface area contributed by atoms with Crippen LogP contribution in [0.3, 0.4) is 0 Å². The molecule has 0 heterocycles. The van der Waals surface area contributed by atoms with Crippen LogP contribution >= 0.6 is 15.9 Å². The molecule has 0 aliphatic rings. The van der Waals surface area contributed by atoms with Gasteiger partial charge >= 0.3 is 0 Å². The average molecular weight is 327 g/mol. The van der Waals surface area contributed by atoms with E-state index < -0.39 is 5.82 Å². The molecule has 0 atom stereocenters. The standard InChI is InChI=1S/C14H9BrF2O2/c15-14-6-11(16)2-1-10(14)8-19-13-4-9(7-18)3-12(17)5-13/h1-7H,8H2. The van der Waals surface area contributed by atoms with Gasteiger partial charge in [-0.1, -0.05) is 22.0 Å². The molecule has 0 aliphatic carbocycles. The maximum Gasteiger partial charge on any atom is 0.150 e. The molecular formula is C14H9BrF2O2. The highest BCUT2D eigenvalue weighted by Gasteiger charge is 2.05. The monoisotopic (exact) mass is 326 g/mol. The fourth-order valence-corrected chi connectivity index (χ4v) is 2.00. The average Bonchev–Trinajstić information content (AvgIpc) is 2.37. The van der Waals surface area contributed by atoms with E-state index in [0.29, 0.717) is 10.8 Å². The van der Waals surface area contributed by atoms with Crippen LogP contribution in [0.5, 0.6) is 5.75 Å².